The summed E-state index contributed by atoms with van der Waals surface area (Å²) in [5, 5.41) is 8.82. The van der Waals surface area contributed by atoms with Gasteiger partial charge in [-0.2, -0.15) is 0 Å². The second-order valence-electron chi connectivity index (χ2n) is 10.1. The van der Waals surface area contributed by atoms with Gasteiger partial charge in [-0.25, -0.2) is 0 Å². The molecule has 6 rings (SSSR count). The van der Waals surface area contributed by atoms with Gasteiger partial charge in [0, 0.05) is 24.4 Å². The van der Waals surface area contributed by atoms with Crippen molar-refractivity contribution in [2.75, 3.05) is 13.2 Å². The highest BCUT2D eigenvalue weighted by Gasteiger charge is 2.51. The number of carbonyl (C=O) groups is 1. The summed E-state index contributed by atoms with van der Waals surface area (Å²) >= 11 is 1.50. The number of nitrogens with one attached hydrogen (secondary N) is 2. The second kappa shape index (κ2) is 9.43. The Labute approximate surface area is 199 Å². The summed E-state index contributed by atoms with van der Waals surface area (Å²) in [5.74, 6) is 8.87. The molecular weight excluding hydrogens is 434 g/mol. The minimum absolute atomic E-state index is 0.0403. The van der Waals surface area contributed by atoms with Crippen LogP contribution in [0.2, 0.25) is 0 Å². The number of hydrazine groups is 1. The molecule has 1 heterocycles. The smallest absolute Gasteiger partial charge is 0.343 e. The maximum Gasteiger partial charge on any atom is 0.343 e. The van der Waals surface area contributed by atoms with E-state index in [0.717, 1.165) is 41.1 Å². The van der Waals surface area contributed by atoms with Crippen LogP contribution in [0.15, 0.2) is 29.6 Å². The molecule has 1 aromatic heterocycles. The standard InChI is InChI=1S/C25H33N5O2S/c1-17(31)28-14-18-3-2-4-22(10-18)23-15-33-24(29-23)30(26)16-27-5-6-32-25-11-19-7-20(12-25)9-21(8-19)13-25/h2-4,10,15-16,19-21H,5-9,11-14,26H2,1H3,(H,28,31)/p+1. The highest BCUT2D eigenvalue weighted by Crippen LogP contribution is 2.57. The molecule has 1 aromatic carbocycles. The monoisotopic (exact) mass is 468 g/mol. The topological polar surface area (TPSA) is 92.3 Å². The van der Waals surface area contributed by atoms with E-state index < -0.39 is 0 Å². The van der Waals surface area contributed by atoms with E-state index in [4.69, 9.17) is 10.6 Å². The number of hydrazone groups is 1. The number of thiazole rings is 1. The van der Waals surface area contributed by atoms with Crippen LogP contribution >= 0.6 is 11.3 Å². The van der Waals surface area contributed by atoms with E-state index >= 15 is 0 Å². The van der Waals surface area contributed by atoms with Crippen LogP contribution in [0, 0.1) is 17.8 Å². The van der Waals surface area contributed by atoms with Gasteiger partial charge in [0.2, 0.25) is 12.2 Å². The number of benzene rings is 1. The summed E-state index contributed by atoms with van der Waals surface area (Å²) in [4.78, 5) is 15.8. The van der Waals surface area contributed by atoms with Crippen LogP contribution in [-0.4, -0.2) is 40.7 Å². The number of ether oxygens (including phenoxy) is 1. The first-order chi connectivity index (χ1) is 16.0. The molecule has 0 unspecified atom stereocenters. The Balaban J connectivity index is 1.12. The highest BCUT2D eigenvalue weighted by molar-refractivity contribution is 7.13. The van der Waals surface area contributed by atoms with Gasteiger partial charge in [0.1, 0.15) is 0 Å². The minimum Gasteiger partial charge on any atom is -0.372 e. The molecule has 0 spiro atoms. The van der Waals surface area contributed by atoms with E-state index in [9.17, 15) is 4.79 Å². The quantitative estimate of drug-likeness (QED) is 0.131. The molecule has 4 aliphatic carbocycles. The van der Waals surface area contributed by atoms with Crippen LogP contribution in [0.25, 0.3) is 11.3 Å². The number of rotatable bonds is 9. The van der Waals surface area contributed by atoms with Gasteiger partial charge in [-0.3, -0.25) is 10.6 Å². The van der Waals surface area contributed by atoms with Crippen molar-refractivity contribution in [2.24, 2.45) is 23.6 Å². The largest absolute Gasteiger partial charge is 0.372 e. The number of nitrogens with two attached hydrogens (primary N) is 1. The fraction of sp³-hybridized carbons (Fsp3) is 0.560. The SMILES string of the molecule is CC(=O)NCc1cccc(-c2csc([N+](N)=CNCCOC34CC5CC(CC(C5)C3)C4)n2)c1. The molecule has 4 bridgehead atoms. The van der Waals surface area contributed by atoms with Gasteiger partial charge in [0.25, 0.3) is 0 Å². The zero-order valence-corrected chi connectivity index (χ0v) is 20.1. The van der Waals surface area contributed by atoms with Gasteiger partial charge < -0.3 is 15.4 Å². The lowest BCUT2D eigenvalue weighted by atomic mass is 9.54. The molecule has 0 atom stereocenters. The van der Waals surface area contributed by atoms with Gasteiger partial charge in [-0.15, -0.1) is 4.68 Å². The van der Waals surface area contributed by atoms with Crippen LogP contribution in [-0.2, 0) is 16.1 Å². The Morgan fingerprint density at radius 3 is 2.70 bits per heavy atom. The lowest BCUT2D eigenvalue weighted by Gasteiger charge is -2.56. The second-order valence-corrected chi connectivity index (χ2v) is 10.9. The van der Waals surface area contributed by atoms with Crippen molar-refractivity contribution < 1.29 is 14.2 Å². The van der Waals surface area contributed by atoms with E-state index in [1.807, 2.05) is 29.6 Å². The van der Waals surface area contributed by atoms with E-state index in [1.54, 1.807) is 6.34 Å². The number of nitrogens with zero attached hydrogens (tertiary/aromatic N) is 2. The van der Waals surface area contributed by atoms with Crippen LogP contribution < -0.4 is 16.5 Å². The molecule has 4 fully saturated rings. The normalized spacial score (nSPS) is 28.2. The Bertz CT molecular complexity index is 998. The first-order valence-corrected chi connectivity index (χ1v) is 12.9. The van der Waals surface area contributed by atoms with Crippen molar-refractivity contribution in [3.63, 3.8) is 0 Å². The predicted molar refractivity (Wildman–Crippen MR) is 130 cm³/mol. The Kier molecular flexibility index (Phi) is 6.38. The molecule has 0 aliphatic heterocycles. The highest BCUT2D eigenvalue weighted by atomic mass is 32.1. The first-order valence-electron chi connectivity index (χ1n) is 12.0. The van der Waals surface area contributed by atoms with E-state index in [0.29, 0.717) is 18.3 Å². The maximum atomic E-state index is 11.2. The van der Waals surface area contributed by atoms with Gasteiger partial charge in [0.15, 0.2) is 5.69 Å². The van der Waals surface area contributed by atoms with Crippen molar-refractivity contribution in [2.45, 2.75) is 57.6 Å². The average Bonchev–Trinajstić information content (AvgIpc) is 3.27. The predicted octanol–water partition coefficient (Wildman–Crippen LogP) is 3.57. The molecular formula is C25H34N5O2S+. The lowest BCUT2D eigenvalue weighted by Crippen LogP contribution is -2.52. The molecule has 4 saturated carbocycles. The van der Waals surface area contributed by atoms with Crippen molar-refractivity contribution in [3.8, 4) is 11.3 Å². The first kappa shape index (κ1) is 22.3. The molecule has 4 N–H and O–H groups in total. The summed E-state index contributed by atoms with van der Waals surface area (Å²) < 4.78 is 7.98. The molecule has 0 saturated heterocycles. The summed E-state index contributed by atoms with van der Waals surface area (Å²) in [5.41, 5.74) is 3.06. The van der Waals surface area contributed by atoms with Crippen molar-refractivity contribution in [3.05, 3.63) is 35.2 Å². The Morgan fingerprint density at radius 1 is 1.27 bits per heavy atom. The van der Waals surface area contributed by atoms with Crippen LogP contribution in [0.5, 0.6) is 0 Å². The van der Waals surface area contributed by atoms with Gasteiger partial charge in [0.05, 0.1) is 18.8 Å². The molecule has 0 radical (unpaired) electrons. The fourth-order valence-electron chi connectivity index (χ4n) is 6.34. The molecule has 2 aromatic rings. The summed E-state index contributed by atoms with van der Waals surface area (Å²) in [6, 6.07) is 8.02. The molecule has 8 heteroatoms. The molecule has 4 aliphatic rings. The molecule has 176 valence electrons. The number of aromatic nitrogens is 1. The third kappa shape index (κ3) is 5.22. The van der Waals surface area contributed by atoms with Gasteiger partial charge >= 0.3 is 5.13 Å². The lowest BCUT2D eigenvalue weighted by molar-refractivity contribution is -0.449. The number of hydrogen-bond acceptors (Lipinski definition) is 5. The molecule has 7 nitrogen and oxygen atoms in total. The summed E-state index contributed by atoms with van der Waals surface area (Å²) in [6.07, 6.45) is 9.86. The molecule has 33 heavy (non-hydrogen) atoms. The van der Waals surface area contributed by atoms with E-state index in [2.05, 4.69) is 15.6 Å². The number of hydrogen-bond donors (Lipinski definition) is 3. The summed E-state index contributed by atoms with van der Waals surface area (Å²) in [6.45, 7) is 3.47. The van der Waals surface area contributed by atoms with Crippen LogP contribution in [0.3, 0.4) is 0 Å². The van der Waals surface area contributed by atoms with Crippen LogP contribution in [0.4, 0.5) is 5.13 Å². The summed E-state index contributed by atoms with van der Waals surface area (Å²) in [7, 11) is 0. The molecule has 1 amide bonds. The fourth-order valence-corrected chi connectivity index (χ4v) is 7.07. The Hall–Kier alpha value is -2.45. The average molecular weight is 469 g/mol. The van der Waals surface area contributed by atoms with Crippen molar-refractivity contribution in [1.82, 2.24) is 15.6 Å². The number of amides is 1. The van der Waals surface area contributed by atoms with Gasteiger partial charge in [-0.1, -0.05) is 34.5 Å². The zero-order valence-electron chi connectivity index (χ0n) is 19.3. The Morgan fingerprint density at radius 2 is 2.00 bits per heavy atom. The van der Waals surface area contributed by atoms with E-state index in [-0.39, 0.29) is 11.5 Å². The maximum absolute atomic E-state index is 11.2. The third-order valence-electron chi connectivity index (χ3n) is 7.34. The zero-order chi connectivity index (χ0) is 22.8. The van der Waals surface area contributed by atoms with Gasteiger partial charge in [-0.05, 0) is 67.9 Å². The minimum atomic E-state index is -0.0403. The van der Waals surface area contributed by atoms with E-state index in [1.165, 1.54) is 61.5 Å². The third-order valence-corrected chi connectivity index (χ3v) is 8.20. The van der Waals surface area contributed by atoms with Crippen molar-refractivity contribution in [1.29, 1.82) is 0 Å². The van der Waals surface area contributed by atoms with Crippen molar-refractivity contribution >= 4 is 28.7 Å². The number of carbonyl (C=O) groups excluding carboxylic acids is 1. The van der Waals surface area contributed by atoms with Crippen LogP contribution in [0.1, 0.15) is 51.0 Å².